The summed E-state index contributed by atoms with van der Waals surface area (Å²) < 4.78 is 0. The minimum absolute atomic E-state index is 1.36. The molecule has 12 heavy (non-hydrogen) atoms. The first kappa shape index (κ1) is 10.5. The lowest BCUT2D eigenvalue weighted by Gasteiger charge is -2.04. The van der Waals surface area contributed by atoms with Crippen molar-refractivity contribution in [2.75, 3.05) is 11.5 Å². The van der Waals surface area contributed by atoms with Crippen molar-refractivity contribution >= 4 is 32.9 Å². The Balaban J connectivity index is 0.000000120. The van der Waals surface area contributed by atoms with Crippen LogP contribution in [0, 0.1) is 6.92 Å². The highest BCUT2D eigenvalue weighted by molar-refractivity contribution is 8.76. The topological polar surface area (TPSA) is 0 Å². The van der Waals surface area contributed by atoms with Crippen LogP contribution in [0.5, 0.6) is 0 Å². The normalized spacial score (nSPS) is 16.4. The zero-order valence-electron chi connectivity index (χ0n) is 7.29. The van der Waals surface area contributed by atoms with E-state index in [1.54, 1.807) is 11.3 Å². The Morgan fingerprint density at radius 3 is 2.00 bits per heavy atom. The van der Waals surface area contributed by atoms with E-state index in [9.17, 15) is 0 Å². The molecule has 2 heterocycles. The number of hydrogen-bond acceptors (Lipinski definition) is 3. The quantitative estimate of drug-likeness (QED) is 0.598. The van der Waals surface area contributed by atoms with Gasteiger partial charge in [-0.1, -0.05) is 21.6 Å². The maximum atomic E-state index is 2.12. The summed E-state index contributed by atoms with van der Waals surface area (Å²) in [5, 5.41) is 4.20. The van der Waals surface area contributed by atoms with Gasteiger partial charge < -0.3 is 0 Å². The number of aryl methyl sites for hydroxylation is 1. The van der Waals surface area contributed by atoms with E-state index in [0.29, 0.717) is 0 Å². The molecule has 68 valence electrons. The molecule has 0 saturated carbocycles. The molecule has 0 aromatic carbocycles. The van der Waals surface area contributed by atoms with Crippen LogP contribution in [-0.4, -0.2) is 11.5 Å². The van der Waals surface area contributed by atoms with E-state index in [1.807, 2.05) is 21.6 Å². The molecule has 3 heteroatoms. The average Bonchev–Trinajstić information content (AvgIpc) is 2.60. The molecular formula is C9H14S3. The second-order valence-corrected chi connectivity index (χ2v) is 6.13. The lowest BCUT2D eigenvalue weighted by atomic mass is 10.4. The van der Waals surface area contributed by atoms with Gasteiger partial charge in [0.15, 0.2) is 0 Å². The van der Waals surface area contributed by atoms with E-state index in [2.05, 4.69) is 23.8 Å². The van der Waals surface area contributed by atoms with Gasteiger partial charge in [-0.15, -0.1) is 0 Å². The van der Waals surface area contributed by atoms with Crippen LogP contribution >= 0.6 is 32.9 Å². The SMILES string of the molecule is C1CCSSC1.Cc1ccsc1. The first-order valence-corrected chi connectivity index (χ1v) is 7.56. The third-order valence-corrected chi connectivity index (χ3v) is 4.83. The molecule has 1 saturated heterocycles. The van der Waals surface area contributed by atoms with Gasteiger partial charge in [0.25, 0.3) is 0 Å². The Bertz CT molecular complexity index is 166. The van der Waals surface area contributed by atoms with Crippen molar-refractivity contribution in [3.05, 3.63) is 22.4 Å². The summed E-state index contributed by atoms with van der Waals surface area (Å²) in [6.07, 6.45) is 2.88. The first-order chi connectivity index (χ1) is 5.89. The molecule has 0 spiro atoms. The molecule has 0 N–H and O–H groups in total. The average molecular weight is 218 g/mol. The van der Waals surface area contributed by atoms with Crippen LogP contribution in [0.2, 0.25) is 0 Å². The van der Waals surface area contributed by atoms with Gasteiger partial charge in [0.05, 0.1) is 0 Å². The molecule has 0 amide bonds. The van der Waals surface area contributed by atoms with E-state index in [0.717, 1.165) is 0 Å². The van der Waals surface area contributed by atoms with E-state index in [-0.39, 0.29) is 0 Å². The largest absolute Gasteiger partial charge is 0.152 e. The molecule has 0 atom stereocenters. The van der Waals surface area contributed by atoms with Crippen LogP contribution in [0.1, 0.15) is 18.4 Å². The van der Waals surface area contributed by atoms with Gasteiger partial charge in [0, 0.05) is 11.5 Å². The fourth-order valence-corrected chi connectivity index (χ4v) is 3.73. The van der Waals surface area contributed by atoms with Gasteiger partial charge in [-0.3, -0.25) is 0 Å². The Morgan fingerprint density at radius 2 is 1.83 bits per heavy atom. The first-order valence-electron chi connectivity index (χ1n) is 4.13. The van der Waals surface area contributed by atoms with Crippen LogP contribution in [0.25, 0.3) is 0 Å². The van der Waals surface area contributed by atoms with Crippen molar-refractivity contribution in [2.45, 2.75) is 19.8 Å². The summed E-state index contributed by atoms with van der Waals surface area (Å²) in [5.41, 5.74) is 1.36. The van der Waals surface area contributed by atoms with Gasteiger partial charge in [-0.25, -0.2) is 0 Å². The highest BCUT2D eigenvalue weighted by Gasteiger charge is 1.96. The highest BCUT2D eigenvalue weighted by Crippen LogP contribution is 2.28. The minimum atomic E-state index is 1.36. The molecular weight excluding hydrogens is 204 g/mol. The van der Waals surface area contributed by atoms with Crippen LogP contribution < -0.4 is 0 Å². The van der Waals surface area contributed by atoms with Crippen LogP contribution in [0.3, 0.4) is 0 Å². The predicted octanol–water partition coefficient (Wildman–Crippen LogP) is 4.22. The van der Waals surface area contributed by atoms with Gasteiger partial charge in [-0.2, -0.15) is 11.3 Å². The molecule has 1 aliphatic rings. The lowest BCUT2D eigenvalue weighted by molar-refractivity contribution is 0.906. The number of rotatable bonds is 0. The second kappa shape index (κ2) is 6.87. The lowest BCUT2D eigenvalue weighted by Crippen LogP contribution is -1.86. The Morgan fingerprint density at radius 1 is 1.17 bits per heavy atom. The molecule has 2 rings (SSSR count). The standard InChI is InChI=1S/C5H6S.C4H8S2/c1-5-2-3-6-4-5;1-2-4-6-5-3-1/h2-4H,1H3;1-4H2. The fourth-order valence-electron chi connectivity index (χ4n) is 0.772. The third-order valence-electron chi connectivity index (χ3n) is 1.45. The van der Waals surface area contributed by atoms with E-state index < -0.39 is 0 Å². The molecule has 0 unspecified atom stereocenters. The predicted molar refractivity (Wildman–Crippen MR) is 63.2 cm³/mol. The minimum Gasteiger partial charge on any atom is -0.152 e. The maximum Gasteiger partial charge on any atom is 0.00372 e. The van der Waals surface area contributed by atoms with Crippen molar-refractivity contribution < 1.29 is 0 Å². The van der Waals surface area contributed by atoms with Gasteiger partial charge in [-0.05, 0) is 42.2 Å². The Labute approximate surface area is 86.5 Å². The summed E-state index contributed by atoms with van der Waals surface area (Å²) in [5.74, 6) is 2.76. The van der Waals surface area contributed by atoms with Gasteiger partial charge in [0.1, 0.15) is 0 Å². The van der Waals surface area contributed by atoms with E-state index >= 15 is 0 Å². The Kier molecular flexibility index (Phi) is 6.00. The smallest absolute Gasteiger partial charge is 0.00372 e. The summed E-state index contributed by atoms with van der Waals surface area (Å²) in [7, 11) is 4.02. The number of hydrogen-bond donors (Lipinski definition) is 0. The molecule has 1 aromatic rings. The second-order valence-electron chi connectivity index (χ2n) is 2.65. The summed E-state index contributed by atoms with van der Waals surface area (Å²) in [4.78, 5) is 0. The van der Waals surface area contributed by atoms with E-state index in [4.69, 9.17) is 0 Å². The molecule has 1 fully saturated rings. The van der Waals surface area contributed by atoms with Crippen molar-refractivity contribution in [3.8, 4) is 0 Å². The molecule has 0 nitrogen and oxygen atoms in total. The molecule has 1 aliphatic heterocycles. The van der Waals surface area contributed by atoms with Crippen molar-refractivity contribution in [1.82, 2.24) is 0 Å². The summed E-state index contributed by atoms with van der Waals surface area (Å²) >= 11 is 1.74. The van der Waals surface area contributed by atoms with Crippen LogP contribution in [-0.2, 0) is 0 Å². The summed E-state index contributed by atoms with van der Waals surface area (Å²) in [6.45, 7) is 2.09. The highest BCUT2D eigenvalue weighted by atomic mass is 33.1. The fraction of sp³-hybridized carbons (Fsp3) is 0.556. The zero-order chi connectivity index (χ0) is 8.65. The molecule has 0 bridgehead atoms. The van der Waals surface area contributed by atoms with Crippen molar-refractivity contribution in [2.24, 2.45) is 0 Å². The van der Waals surface area contributed by atoms with Crippen LogP contribution in [0.15, 0.2) is 16.8 Å². The Hall–Kier alpha value is 0.400. The van der Waals surface area contributed by atoms with Crippen molar-refractivity contribution in [3.63, 3.8) is 0 Å². The molecule has 0 aliphatic carbocycles. The van der Waals surface area contributed by atoms with Gasteiger partial charge >= 0.3 is 0 Å². The van der Waals surface area contributed by atoms with E-state index in [1.165, 1.54) is 29.9 Å². The monoisotopic (exact) mass is 218 g/mol. The van der Waals surface area contributed by atoms with Gasteiger partial charge in [0.2, 0.25) is 0 Å². The maximum absolute atomic E-state index is 2.12. The third kappa shape index (κ3) is 5.12. The van der Waals surface area contributed by atoms with Crippen LogP contribution in [0.4, 0.5) is 0 Å². The summed E-state index contributed by atoms with van der Waals surface area (Å²) in [6, 6.07) is 2.10. The van der Waals surface area contributed by atoms with Crippen molar-refractivity contribution in [1.29, 1.82) is 0 Å². The molecule has 1 aromatic heterocycles. The number of thiophene rings is 1. The zero-order valence-corrected chi connectivity index (χ0v) is 9.73. The molecule has 0 radical (unpaired) electrons.